The average Bonchev–Trinajstić information content (AvgIpc) is 3.29. The van der Waals surface area contributed by atoms with Crippen LogP contribution in [0.25, 0.3) is 33.5 Å². The Hall–Kier alpha value is -3.85. The fraction of sp³-hybridized carbons (Fsp3) is 0.0385. The fourth-order valence-corrected chi connectivity index (χ4v) is 3.34. The van der Waals surface area contributed by atoms with Gasteiger partial charge in [-0.3, -0.25) is 0 Å². The molecule has 29 heavy (non-hydrogen) atoms. The molecule has 1 heterocycles. The van der Waals surface area contributed by atoms with Gasteiger partial charge in [0.15, 0.2) is 0 Å². The van der Waals surface area contributed by atoms with E-state index in [-0.39, 0.29) is 0 Å². The maximum Gasteiger partial charge on any atom is 0.226 e. The highest BCUT2D eigenvalue weighted by Gasteiger charge is 2.09. The molecule has 0 N–H and O–H groups in total. The minimum Gasteiger partial charge on any atom is -0.489 e. The Bertz CT molecular complexity index is 1240. The highest BCUT2D eigenvalue weighted by molar-refractivity contribution is 5.87. The number of nitrogens with zero attached hydrogens (tertiary/aromatic N) is 1. The Labute approximate surface area is 169 Å². The molecule has 0 aliphatic heterocycles. The van der Waals surface area contributed by atoms with E-state index in [9.17, 15) is 0 Å². The predicted molar refractivity (Wildman–Crippen MR) is 116 cm³/mol. The van der Waals surface area contributed by atoms with Crippen molar-refractivity contribution >= 4 is 10.8 Å². The molecular formula is C26H19NO2. The van der Waals surface area contributed by atoms with Crippen molar-refractivity contribution in [2.24, 2.45) is 0 Å². The largest absolute Gasteiger partial charge is 0.489 e. The van der Waals surface area contributed by atoms with E-state index in [1.54, 1.807) is 6.26 Å². The summed E-state index contributed by atoms with van der Waals surface area (Å²) in [4.78, 5) is 4.65. The molecule has 0 aliphatic carbocycles. The van der Waals surface area contributed by atoms with E-state index in [4.69, 9.17) is 9.15 Å². The van der Waals surface area contributed by atoms with Crippen molar-refractivity contribution in [1.82, 2.24) is 4.98 Å². The molecule has 3 heteroatoms. The van der Waals surface area contributed by atoms with Gasteiger partial charge in [-0.15, -0.1) is 0 Å². The molecule has 0 radical (unpaired) electrons. The van der Waals surface area contributed by atoms with Crippen molar-refractivity contribution in [2.75, 3.05) is 0 Å². The van der Waals surface area contributed by atoms with Gasteiger partial charge in [0.1, 0.15) is 24.3 Å². The van der Waals surface area contributed by atoms with Crippen LogP contribution in [0.1, 0.15) is 5.56 Å². The van der Waals surface area contributed by atoms with Gasteiger partial charge in [-0.05, 0) is 40.6 Å². The number of benzene rings is 4. The Morgan fingerprint density at radius 2 is 1.41 bits per heavy atom. The van der Waals surface area contributed by atoms with Crippen molar-refractivity contribution in [3.05, 3.63) is 109 Å². The molecular weight excluding hydrogens is 358 g/mol. The summed E-state index contributed by atoms with van der Waals surface area (Å²) in [6, 6.07) is 32.5. The zero-order valence-corrected chi connectivity index (χ0v) is 15.8. The molecule has 140 valence electrons. The number of fused-ring (bicyclic) bond motifs is 1. The van der Waals surface area contributed by atoms with Crippen molar-refractivity contribution in [1.29, 1.82) is 0 Å². The Balaban J connectivity index is 1.38. The van der Waals surface area contributed by atoms with Crippen LogP contribution in [-0.2, 0) is 6.61 Å². The summed E-state index contributed by atoms with van der Waals surface area (Å²) >= 11 is 0. The first-order valence-corrected chi connectivity index (χ1v) is 9.57. The maximum absolute atomic E-state index is 5.94. The lowest BCUT2D eigenvalue weighted by molar-refractivity contribution is 0.306. The minimum atomic E-state index is 0.559. The van der Waals surface area contributed by atoms with E-state index in [1.807, 2.05) is 60.7 Å². The van der Waals surface area contributed by atoms with Gasteiger partial charge in [0.05, 0.1) is 0 Å². The third-order valence-electron chi connectivity index (χ3n) is 4.88. The van der Waals surface area contributed by atoms with Crippen LogP contribution >= 0.6 is 0 Å². The molecule has 0 bridgehead atoms. The number of aromatic nitrogens is 1. The molecule has 4 aromatic carbocycles. The van der Waals surface area contributed by atoms with Crippen LogP contribution in [0.5, 0.6) is 5.75 Å². The first-order valence-electron chi connectivity index (χ1n) is 9.57. The molecule has 0 saturated heterocycles. The van der Waals surface area contributed by atoms with Crippen LogP contribution in [0.2, 0.25) is 0 Å². The lowest BCUT2D eigenvalue weighted by Gasteiger charge is -2.08. The van der Waals surface area contributed by atoms with Gasteiger partial charge in [0, 0.05) is 11.1 Å². The van der Waals surface area contributed by atoms with E-state index < -0.39 is 0 Å². The normalized spacial score (nSPS) is 10.9. The molecule has 3 nitrogen and oxygen atoms in total. The molecule has 0 atom stereocenters. The fourth-order valence-electron chi connectivity index (χ4n) is 3.34. The molecule has 5 aromatic rings. The van der Waals surface area contributed by atoms with Gasteiger partial charge in [-0.25, -0.2) is 4.98 Å². The van der Waals surface area contributed by atoms with Crippen LogP contribution in [-0.4, -0.2) is 4.98 Å². The van der Waals surface area contributed by atoms with Gasteiger partial charge < -0.3 is 9.15 Å². The second kappa shape index (κ2) is 7.64. The molecule has 0 spiro atoms. The van der Waals surface area contributed by atoms with Crippen molar-refractivity contribution in [3.63, 3.8) is 0 Å². The summed E-state index contributed by atoms with van der Waals surface area (Å²) in [7, 11) is 0. The highest BCUT2D eigenvalue weighted by Crippen LogP contribution is 2.29. The maximum atomic E-state index is 5.94. The third kappa shape index (κ3) is 3.76. The molecule has 0 amide bonds. The topological polar surface area (TPSA) is 35.3 Å². The van der Waals surface area contributed by atoms with Crippen LogP contribution in [0, 0.1) is 0 Å². The Kier molecular flexibility index (Phi) is 4.55. The van der Waals surface area contributed by atoms with Crippen LogP contribution < -0.4 is 4.74 Å². The van der Waals surface area contributed by atoms with Crippen molar-refractivity contribution in [3.8, 4) is 28.5 Å². The zero-order valence-electron chi connectivity index (χ0n) is 15.8. The van der Waals surface area contributed by atoms with Gasteiger partial charge in [0.25, 0.3) is 0 Å². The molecule has 5 rings (SSSR count). The van der Waals surface area contributed by atoms with Gasteiger partial charge in [0.2, 0.25) is 5.89 Å². The van der Waals surface area contributed by atoms with E-state index in [1.165, 1.54) is 0 Å². The highest BCUT2D eigenvalue weighted by atomic mass is 16.5. The first-order chi connectivity index (χ1) is 14.3. The standard InChI is InChI=1S/C26H19NO2/c1-3-7-19(8-4-1)17-28-24-14-13-21-15-23(12-11-22(21)16-24)26-27-25(18-29-26)20-9-5-2-6-10-20/h1-16,18H,17H2. The number of hydrogen-bond acceptors (Lipinski definition) is 3. The molecule has 1 aromatic heterocycles. The summed E-state index contributed by atoms with van der Waals surface area (Å²) in [5.41, 5.74) is 3.99. The van der Waals surface area contributed by atoms with Gasteiger partial charge in [-0.2, -0.15) is 0 Å². The number of ether oxygens (including phenoxy) is 1. The molecule has 0 saturated carbocycles. The van der Waals surface area contributed by atoms with E-state index in [0.717, 1.165) is 38.9 Å². The third-order valence-corrected chi connectivity index (χ3v) is 4.88. The smallest absolute Gasteiger partial charge is 0.226 e. The molecule has 0 unspecified atom stereocenters. The van der Waals surface area contributed by atoms with E-state index in [0.29, 0.717) is 12.5 Å². The second-order valence-electron chi connectivity index (χ2n) is 6.90. The molecule has 0 fully saturated rings. The van der Waals surface area contributed by atoms with Crippen molar-refractivity contribution < 1.29 is 9.15 Å². The lowest BCUT2D eigenvalue weighted by atomic mass is 10.1. The Morgan fingerprint density at radius 3 is 2.24 bits per heavy atom. The van der Waals surface area contributed by atoms with Crippen LogP contribution in [0.3, 0.4) is 0 Å². The van der Waals surface area contributed by atoms with Gasteiger partial charge >= 0.3 is 0 Å². The first kappa shape index (κ1) is 17.3. The number of hydrogen-bond donors (Lipinski definition) is 0. The molecule has 0 aliphatic rings. The van der Waals surface area contributed by atoms with Crippen molar-refractivity contribution in [2.45, 2.75) is 6.61 Å². The van der Waals surface area contributed by atoms with Crippen LogP contribution in [0.4, 0.5) is 0 Å². The minimum absolute atomic E-state index is 0.559. The quantitative estimate of drug-likeness (QED) is 0.340. The second-order valence-corrected chi connectivity index (χ2v) is 6.90. The van der Waals surface area contributed by atoms with Gasteiger partial charge in [-0.1, -0.05) is 72.8 Å². The summed E-state index contributed by atoms with van der Waals surface area (Å²) in [5.74, 6) is 1.48. The zero-order chi connectivity index (χ0) is 19.5. The Morgan fingerprint density at radius 1 is 0.690 bits per heavy atom. The summed E-state index contributed by atoms with van der Waals surface area (Å²) in [5, 5.41) is 2.24. The monoisotopic (exact) mass is 377 g/mol. The SMILES string of the molecule is c1ccc(COc2ccc3cc(-c4nc(-c5ccccc5)co4)ccc3c2)cc1. The summed E-state index contributed by atoms with van der Waals surface area (Å²) in [6.45, 7) is 0.559. The number of rotatable bonds is 5. The van der Waals surface area contributed by atoms with Crippen LogP contribution in [0.15, 0.2) is 108 Å². The summed E-state index contributed by atoms with van der Waals surface area (Å²) < 4.78 is 11.7. The van der Waals surface area contributed by atoms with E-state index in [2.05, 4.69) is 41.4 Å². The average molecular weight is 377 g/mol. The summed E-state index contributed by atoms with van der Waals surface area (Å²) in [6.07, 6.45) is 1.70. The lowest BCUT2D eigenvalue weighted by Crippen LogP contribution is -1.94. The van der Waals surface area contributed by atoms with E-state index >= 15 is 0 Å². The number of oxazole rings is 1. The predicted octanol–water partition coefficient (Wildman–Crippen LogP) is 6.74.